The number of benzene rings is 1. The van der Waals surface area contributed by atoms with E-state index in [0.717, 1.165) is 29.0 Å². The molecular formula is C11H7F5S. The Kier molecular flexibility index (Phi) is 2.65. The molecule has 1 aromatic carbocycles. The Morgan fingerprint density at radius 3 is 2.29 bits per heavy atom. The first-order chi connectivity index (χ1) is 7.73. The zero-order valence-corrected chi connectivity index (χ0v) is 9.42. The average Bonchev–Trinajstić information content (AvgIpc) is 2.58. The smallest absolute Gasteiger partial charge is 0.191 e. The van der Waals surface area contributed by atoms with Crippen LogP contribution in [-0.2, 0) is 5.92 Å². The maximum Gasteiger partial charge on any atom is 0.458 e. The molecule has 0 N–H and O–H groups in total. The molecule has 92 valence electrons. The highest BCUT2D eigenvalue weighted by molar-refractivity contribution is 7.17. The van der Waals surface area contributed by atoms with Crippen molar-refractivity contribution in [2.75, 3.05) is 0 Å². The summed E-state index contributed by atoms with van der Waals surface area (Å²) in [4.78, 5) is 0. The number of fused-ring (bicyclic) bond motifs is 1. The summed E-state index contributed by atoms with van der Waals surface area (Å²) >= 11 is 1.15. The lowest BCUT2D eigenvalue weighted by molar-refractivity contribution is -0.289. The number of aryl methyl sites for hydroxylation is 1. The van der Waals surface area contributed by atoms with Gasteiger partial charge in [0.05, 0.1) is 0 Å². The van der Waals surface area contributed by atoms with E-state index in [2.05, 4.69) is 0 Å². The maximum atomic E-state index is 13.1. The van der Waals surface area contributed by atoms with Crippen LogP contribution in [-0.4, -0.2) is 6.18 Å². The second kappa shape index (κ2) is 3.66. The van der Waals surface area contributed by atoms with Crippen molar-refractivity contribution in [3.05, 3.63) is 34.7 Å². The number of rotatable bonds is 1. The predicted octanol–water partition coefficient (Wildman–Crippen LogP) is 4.86. The quantitative estimate of drug-likeness (QED) is 0.646. The minimum atomic E-state index is -5.56. The third-order valence-electron chi connectivity index (χ3n) is 2.49. The van der Waals surface area contributed by atoms with Gasteiger partial charge in [-0.1, -0.05) is 12.1 Å². The summed E-state index contributed by atoms with van der Waals surface area (Å²) in [6.07, 6.45) is -5.56. The number of hydrogen-bond donors (Lipinski definition) is 0. The van der Waals surface area contributed by atoms with Crippen LogP contribution in [0.1, 0.15) is 11.1 Å². The van der Waals surface area contributed by atoms with Crippen LogP contribution < -0.4 is 0 Å². The molecule has 0 fully saturated rings. The van der Waals surface area contributed by atoms with E-state index in [9.17, 15) is 22.0 Å². The minimum absolute atomic E-state index is 0.434. The van der Waals surface area contributed by atoms with Gasteiger partial charge in [-0.2, -0.15) is 22.0 Å². The minimum Gasteiger partial charge on any atom is -0.191 e. The molecule has 0 saturated carbocycles. The summed E-state index contributed by atoms with van der Waals surface area (Å²) in [5.74, 6) is -4.81. The monoisotopic (exact) mass is 266 g/mol. The van der Waals surface area contributed by atoms with Gasteiger partial charge in [0.2, 0.25) is 0 Å². The van der Waals surface area contributed by atoms with Crippen molar-refractivity contribution in [3.8, 4) is 0 Å². The molecule has 1 aromatic heterocycles. The summed E-state index contributed by atoms with van der Waals surface area (Å²) < 4.78 is 63.1. The first-order valence-corrected chi connectivity index (χ1v) is 5.54. The SMILES string of the molecule is Cc1csc2cc(C(F)(F)C(F)(F)F)ccc12. The Balaban J connectivity index is 2.57. The van der Waals surface area contributed by atoms with E-state index in [1.807, 2.05) is 0 Å². The Morgan fingerprint density at radius 2 is 1.71 bits per heavy atom. The highest BCUT2D eigenvalue weighted by atomic mass is 32.1. The molecule has 1 heterocycles. The largest absolute Gasteiger partial charge is 0.458 e. The summed E-state index contributed by atoms with van der Waals surface area (Å²) in [7, 11) is 0. The number of halogens is 5. The van der Waals surface area contributed by atoms with Crippen LogP contribution >= 0.6 is 11.3 Å². The Morgan fingerprint density at radius 1 is 1.06 bits per heavy atom. The van der Waals surface area contributed by atoms with Crippen LogP contribution in [0.3, 0.4) is 0 Å². The molecule has 0 radical (unpaired) electrons. The fourth-order valence-corrected chi connectivity index (χ4v) is 2.50. The fourth-order valence-electron chi connectivity index (χ4n) is 1.52. The maximum absolute atomic E-state index is 13.1. The van der Waals surface area contributed by atoms with Crippen LogP contribution in [0.25, 0.3) is 10.1 Å². The van der Waals surface area contributed by atoms with Crippen LogP contribution in [0, 0.1) is 6.92 Å². The van der Waals surface area contributed by atoms with Crippen LogP contribution in [0.2, 0.25) is 0 Å². The number of thiophene rings is 1. The number of alkyl halides is 5. The van der Waals surface area contributed by atoms with Gasteiger partial charge >= 0.3 is 12.1 Å². The molecule has 17 heavy (non-hydrogen) atoms. The molecule has 2 aromatic rings. The molecule has 2 rings (SSSR count). The van der Waals surface area contributed by atoms with Gasteiger partial charge < -0.3 is 0 Å². The second-order valence-electron chi connectivity index (χ2n) is 3.70. The van der Waals surface area contributed by atoms with Gasteiger partial charge in [-0.3, -0.25) is 0 Å². The third-order valence-corrected chi connectivity index (χ3v) is 3.55. The van der Waals surface area contributed by atoms with Crippen molar-refractivity contribution in [2.24, 2.45) is 0 Å². The topological polar surface area (TPSA) is 0 Å². The highest BCUT2D eigenvalue weighted by Gasteiger charge is 2.58. The average molecular weight is 266 g/mol. The van der Waals surface area contributed by atoms with Crippen LogP contribution in [0.5, 0.6) is 0 Å². The number of hydrogen-bond acceptors (Lipinski definition) is 1. The van der Waals surface area contributed by atoms with Crippen molar-refractivity contribution in [2.45, 2.75) is 19.0 Å². The van der Waals surface area contributed by atoms with Gasteiger partial charge in [0.25, 0.3) is 0 Å². The fraction of sp³-hybridized carbons (Fsp3) is 0.273. The zero-order valence-electron chi connectivity index (χ0n) is 8.61. The Labute approximate surface area is 97.7 Å². The summed E-state index contributed by atoms with van der Waals surface area (Å²) in [6, 6.07) is 3.03. The lowest BCUT2D eigenvalue weighted by Gasteiger charge is -2.19. The first-order valence-electron chi connectivity index (χ1n) is 4.66. The summed E-state index contributed by atoms with van der Waals surface area (Å²) in [5.41, 5.74) is -0.147. The molecular weight excluding hydrogens is 259 g/mol. The lowest BCUT2D eigenvalue weighted by atomic mass is 10.1. The lowest BCUT2D eigenvalue weighted by Crippen LogP contribution is -2.33. The van der Waals surface area contributed by atoms with E-state index in [0.29, 0.717) is 10.1 Å². The van der Waals surface area contributed by atoms with Crippen molar-refractivity contribution < 1.29 is 22.0 Å². The second-order valence-corrected chi connectivity index (χ2v) is 4.61. The van der Waals surface area contributed by atoms with E-state index in [1.165, 1.54) is 6.07 Å². The predicted molar refractivity (Wildman–Crippen MR) is 56.5 cm³/mol. The summed E-state index contributed by atoms with van der Waals surface area (Å²) in [5, 5.41) is 2.43. The summed E-state index contributed by atoms with van der Waals surface area (Å²) in [6.45, 7) is 1.78. The van der Waals surface area contributed by atoms with Crippen molar-refractivity contribution in [1.82, 2.24) is 0 Å². The Bertz CT molecular complexity index is 552. The van der Waals surface area contributed by atoms with Crippen molar-refractivity contribution in [3.63, 3.8) is 0 Å². The van der Waals surface area contributed by atoms with Gasteiger partial charge in [0.1, 0.15) is 0 Å². The normalized spacial score (nSPS) is 13.3. The van der Waals surface area contributed by atoms with Crippen molar-refractivity contribution in [1.29, 1.82) is 0 Å². The van der Waals surface area contributed by atoms with Crippen molar-refractivity contribution >= 4 is 21.4 Å². The van der Waals surface area contributed by atoms with E-state index < -0.39 is 17.7 Å². The molecule has 0 unspecified atom stereocenters. The van der Waals surface area contributed by atoms with Crippen LogP contribution in [0.4, 0.5) is 22.0 Å². The van der Waals surface area contributed by atoms with E-state index in [1.54, 1.807) is 12.3 Å². The third kappa shape index (κ3) is 1.90. The van der Waals surface area contributed by atoms with Crippen LogP contribution in [0.15, 0.2) is 23.6 Å². The van der Waals surface area contributed by atoms with Gasteiger partial charge in [-0.25, -0.2) is 0 Å². The molecule has 6 heteroatoms. The van der Waals surface area contributed by atoms with E-state index in [4.69, 9.17) is 0 Å². The van der Waals surface area contributed by atoms with Gasteiger partial charge in [-0.15, -0.1) is 11.3 Å². The molecule has 0 bridgehead atoms. The van der Waals surface area contributed by atoms with E-state index in [-0.39, 0.29) is 0 Å². The highest BCUT2D eigenvalue weighted by Crippen LogP contribution is 2.44. The molecule has 0 spiro atoms. The molecule has 0 atom stereocenters. The molecule has 0 aliphatic carbocycles. The standard InChI is InChI=1S/C11H7F5S/c1-6-5-17-9-4-7(2-3-8(6)9)10(12,13)11(14,15)16/h2-5H,1H3. The Hall–Kier alpha value is -1.17. The molecule has 0 aliphatic rings. The molecule has 0 nitrogen and oxygen atoms in total. The van der Waals surface area contributed by atoms with Gasteiger partial charge in [-0.05, 0) is 29.3 Å². The molecule has 0 amide bonds. The van der Waals surface area contributed by atoms with E-state index >= 15 is 0 Å². The zero-order chi connectivity index (χ0) is 12.8. The molecule has 0 saturated heterocycles. The van der Waals surface area contributed by atoms with Gasteiger partial charge in [0, 0.05) is 10.3 Å². The molecule has 0 aliphatic heterocycles. The first kappa shape index (κ1) is 12.3. The van der Waals surface area contributed by atoms with Gasteiger partial charge in [0.15, 0.2) is 0 Å².